The summed E-state index contributed by atoms with van der Waals surface area (Å²) in [6.07, 6.45) is 3.50. The molecule has 0 fully saturated rings. The Kier molecular flexibility index (Phi) is 4.78. The van der Waals surface area contributed by atoms with Gasteiger partial charge in [0.25, 0.3) is 0 Å². The number of rotatable bonds is 7. The molecule has 0 aliphatic carbocycles. The normalized spacial score (nSPS) is 10.3. The maximum absolute atomic E-state index is 10.2. The van der Waals surface area contributed by atoms with Gasteiger partial charge in [-0.05, 0) is 31.5 Å². The summed E-state index contributed by atoms with van der Waals surface area (Å²) in [5.41, 5.74) is 0. The molecule has 0 bridgehead atoms. The molecule has 0 amide bonds. The van der Waals surface area contributed by atoms with Crippen molar-refractivity contribution in [3.63, 3.8) is 0 Å². The molecule has 0 saturated heterocycles. The fraction of sp³-hybridized carbons (Fsp3) is 0.500. The molecule has 2 N–H and O–H groups in total. The van der Waals surface area contributed by atoms with Crippen molar-refractivity contribution in [2.45, 2.75) is 25.8 Å². The van der Waals surface area contributed by atoms with Crippen molar-refractivity contribution in [1.29, 1.82) is 0 Å². The molecule has 1 aromatic heterocycles. The Bertz CT molecular complexity index is 256. The predicted molar refractivity (Wildman–Crippen MR) is 51.9 cm³/mol. The summed E-state index contributed by atoms with van der Waals surface area (Å²) in [7, 11) is 0. The van der Waals surface area contributed by atoms with Crippen LogP contribution >= 0.6 is 0 Å². The van der Waals surface area contributed by atoms with Gasteiger partial charge < -0.3 is 14.8 Å². The Morgan fingerprint density at radius 3 is 3.00 bits per heavy atom. The zero-order valence-corrected chi connectivity index (χ0v) is 8.03. The second kappa shape index (κ2) is 6.21. The summed E-state index contributed by atoms with van der Waals surface area (Å²) in [5, 5.41) is 11.6. The van der Waals surface area contributed by atoms with E-state index in [9.17, 15) is 4.79 Å². The van der Waals surface area contributed by atoms with Crippen LogP contribution in [0.5, 0.6) is 0 Å². The SMILES string of the molecule is O=C(O)CCCCNCc1ccco1. The fourth-order valence-electron chi connectivity index (χ4n) is 1.15. The molecule has 1 rings (SSSR count). The average molecular weight is 197 g/mol. The van der Waals surface area contributed by atoms with Gasteiger partial charge in [-0.3, -0.25) is 4.79 Å². The molecule has 78 valence electrons. The van der Waals surface area contributed by atoms with E-state index in [1.54, 1.807) is 6.26 Å². The highest BCUT2D eigenvalue weighted by molar-refractivity contribution is 5.66. The second-order valence-corrected chi connectivity index (χ2v) is 3.11. The van der Waals surface area contributed by atoms with Crippen molar-refractivity contribution in [1.82, 2.24) is 5.32 Å². The summed E-state index contributed by atoms with van der Waals surface area (Å²) in [5.74, 6) is 0.180. The van der Waals surface area contributed by atoms with Crippen LogP contribution in [0.15, 0.2) is 22.8 Å². The highest BCUT2D eigenvalue weighted by Gasteiger charge is 1.97. The molecule has 0 spiro atoms. The second-order valence-electron chi connectivity index (χ2n) is 3.11. The van der Waals surface area contributed by atoms with Crippen LogP contribution in [-0.2, 0) is 11.3 Å². The molecular formula is C10H15NO3. The molecule has 0 radical (unpaired) electrons. The summed E-state index contributed by atoms with van der Waals surface area (Å²) in [6, 6.07) is 3.76. The minimum Gasteiger partial charge on any atom is -0.481 e. The quantitative estimate of drug-likeness (QED) is 0.652. The van der Waals surface area contributed by atoms with Crippen LogP contribution in [0.25, 0.3) is 0 Å². The number of hydrogen-bond donors (Lipinski definition) is 2. The molecule has 0 unspecified atom stereocenters. The highest BCUT2D eigenvalue weighted by atomic mass is 16.4. The van der Waals surface area contributed by atoms with Crippen LogP contribution in [0.3, 0.4) is 0 Å². The van der Waals surface area contributed by atoms with E-state index in [1.165, 1.54) is 0 Å². The molecule has 1 heterocycles. The lowest BCUT2D eigenvalue weighted by Gasteiger charge is -2.00. The van der Waals surface area contributed by atoms with Gasteiger partial charge in [0.05, 0.1) is 12.8 Å². The minimum absolute atomic E-state index is 0.252. The lowest BCUT2D eigenvalue weighted by atomic mass is 10.2. The first kappa shape index (κ1) is 10.8. The van der Waals surface area contributed by atoms with Gasteiger partial charge in [-0.25, -0.2) is 0 Å². The summed E-state index contributed by atoms with van der Waals surface area (Å²) < 4.78 is 5.12. The van der Waals surface area contributed by atoms with Gasteiger partial charge in [0.15, 0.2) is 0 Å². The Balaban J connectivity index is 1.92. The lowest BCUT2D eigenvalue weighted by Crippen LogP contribution is -2.14. The molecule has 4 nitrogen and oxygen atoms in total. The molecule has 4 heteroatoms. The maximum atomic E-state index is 10.2. The third-order valence-electron chi connectivity index (χ3n) is 1.87. The lowest BCUT2D eigenvalue weighted by molar-refractivity contribution is -0.137. The third kappa shape index (κ3) is 4.67. The predicted octanol–water partition coefficient (Wildman–Crippen LogP) is 1.62. The molecule has 0 saturated carbocycles. The summed E-state index contributed by atoms with van der Waals surface area (Å²) in [6.45, 7) is 1.54. The van der Waals surface area contributed by atoms with Gasteiger partial charge in [0, 0.05) is 6.42 Å². The van der Waals surface area contributed by atoms with Crippen molar-refractivity contribution in [3.05, 3.63) is 24.2 Å². The van der Waals surface area contributed by atoms with Crippen molar-refractivity contribution < 1.29 is 14.3 Å². The van der Waals surface area contributed by atoms with E-state index in [2.05, 4.69) is 5.32 Å². The number of nitrogens with one attached hydrogen (secondary N) is 1. The van der Waals surface area contributed by atoms with Crippen molar-refractivity contribution in [2.75, 3.05) is 6.54 Å². The Labute approximate surface area is 82.9 Å². The van der Waals surface area contributed by atoms with Crippen LogP contribution in [0.1, 0.15) is 25.0 Å². The van der Waals surface area contributed by atoms with Crippen LogP contribution < -0.4 is 5.32 Å². The smallest absolute Gasteiger partial charge is 0.303 e. The summed E-state index contributed by atoms with van der Waals surface area (Å²) in [4.78, 5) is 10.2. The average Bonchev–Trinajstić information content (AvgIpc) is 2.63. The van der Waals surface area contributed by atoms with E-state index in [0.717, 1.165) is 25.1 Å². The van der Waals surface area contributed by atoms with Crippen molar-refractivity contribution in [2.24, 2.45) is 0 Å². The van der Waals surface area contributed by atoms with Gasteiger partial charge >= 0.3 is 5.97 Å². The molecular weight excluding hydrogens is 182 g/mol. The topological polar surface area (TPSA) is 62.5 Å². The number of furan rings is 1. The van der Waals surface area contributed by atoms with E-state index in [-0.39, 0.29) is 6.42 Å². The number of carboxylic acids is 1. The van der Waals surface area contributed by atoms with Crippen LogP contribution in [0.2, 0.25) is 0 Å². The van der Waals surface area contributed by atoms with Gasteiger partial charge in [-0.2, -0.15) is 0 Å². The van der Waals surface area contributed by atoms with Gasteiger partial charge in [0.1, 0.15) is 5.76 Å². The van der Waals surface area contributed by atoms with E-state index in [4.69, 9.17) is 9.52 Å². The van der Waals surface area contributed by atoms with E-state index in [0.29, 0.717) is 6.54 Å². The standard InChI is InChI=1S/C10H15NO3/c12-10(13)5-1-2-6-11-8-9-4-3-7-14-9/h3-4,7,11H,1-2,5-6,8H2,(H,12,13). The number of carbonyl (C=O) groups is 1. The Morgan fingerprint density at radius 2 is 2.36 bits per heavy atom. The van der Waals surface area contributed by atoms with E-state index >= 15 is 0 Å². The van der Waals surface area contributed by atoms with Gasteiger partial charge in [0.2, 0.25) is 0 Å². The molecule has 1 aromatic rings. The number of unbranched alkanes of at least 4 members (excludes halogenated alkanes) is 1. The molecule has 0 aromatic carbocycles. The van der Waals surface area contributed by atoms with Gasteiger partial charge in [-0.1, -0.05) is 0 Å². The summed E-state index contributed by atoms with van der Waals surface area (Å²) >= 11 is 0. The number of aliphatic carboxylic acids is 1. The van der Waals surface area contributed by atoms with Crippen LogP contribution in [-0.4, -0.2) is 17.6 Å². The third-order valence-corrected chi connectivity index (χ3v) is 1.87. The Hall–Kier alpha value is -1.29. The number of carboxylic acid groups (broad SMARTS) is 1. The molecule has 0 aliphatic rings. The van der Waals surface area contributed by atoms with E-state index < -0.39 is 5.97 Å². The Morgan fingerprint density at radius 1 is 1.50 bits per heavy atom. The fourth-order valence-corrected chi connectivity index (χ4v) is 1.15. The van der Waals surface area contributed by atoms with Crippen molar-refractivity contribution in [3.8, 4) is 0 Å². The zero-order valence-electron chi connectivity index (χ0n) is 8.03. The van der Waals surface area contributed by atoms with Gasteiger partial charge in [-0.15, -0.1) is 0 Å². The molecule has 0 atom stereocenters. The van der Waals surface area contributed by atoms with Crippen molar-refractivity contribution >= 4 is 5.97 Å². The van der Waals surface area contributed by atoms with Crippen LogP contribution in [0, 0.1) is 0 Å². The van der Waals surface area contributed by atoms with E-state index in [1.807, 2.05) is 12.1 Å². The monoisotopic (exact) mass is 197 g/mol. The zero-order chi connectivity index (χ0) is 10.2. The molecule has 14 heavy (non-hydrogen) atoms. The first-order valence-corrected chi connectivity index (χ1v) is 4.74. The molecule has 0 aliphatic heterocycles. The first-order valence-electron chi connectivity index (χ1n) is 4.74. The number of hydrogen-bond acceptors (Lipinski definition) is 3. The largest absolute Gasteiger partial charge is 0.481 e. The first-order chi connectivity index (χ1) is 6.79. The highest BCUT2D eigenvalue weighted by Crippen LogP contribution is 1.99. The maximum Gasteiger partial charge on any atom is 0.303 e. The van der Waals surface area contributed by atoms with Crippen LogP contribution in [0.4, 0.5) is 0 Å². The minimum atomic E-state index is -0.726.